The lowest BCUT2D eigenvalue weighted by molar-refractivity contribution is -0.140. The number of nitrogens with one attached hydrogen (secondary N) is 1. The van der Waals surface area contributed by atoms with Crippen molar-refractivity contribution in [2.75, 3.05) is 45.8 Å². The van der Waals surface area contributed by atoms with E-state index in [1.54, 1.807) is 25.7 Å². The summed E-state index contributed by atoms with van der Waals surface area (Å²) in [6.45, 7) is 19.7. The van der Waals surface area contributed by atoms with Crippen LogP contribution in [0.3, 0.4) is 0 Å². The van der Waals surface area contributed by atoms with Gasteiger partial charge in [-0.1, -0.05) is 63.3 Å². The summed E-state index contributed by atoms with van der Waals surface area (Å²) in [5.74, 6) is -0.339. The Hall–Kier alpha value is -3.69. The lowest BCUT2D eigenvalue weighted by atomic mass is 9.85. The number of hydrogen-bond acceptors (Lipinski definition) is 7. The largest absolute Gasteiger partial charge is 0.354 e. The number of likely N-dealkylation sites (tertiary alicyclic amines) is 1. The van der Waals surface area contributed by atoms with Gasteiger partial charge in [0.25, 0.3) is 0 Å². The minimum absolute atomic E-state index is 0.0173. The molecule has 0 spiro atoms. The van der Waals surface area contributed by atoms with E-state index in [9.17, 15) is 24.0 Å². The smallest absolute Gasteiger partial charge is 0.230 e. The van der Waals surface area contributed by atoms with Crippen molar-refractivity contribution in [1.82, 2.24) is 20.0 Å². The van der Waals surface area contributed by atoms with Crippen LogP contribution in [0.15, 0.2) is 64.8 Å². The van der Waals surface area contributed by atoms with Crippen molar-refractivity contribution in [2.45, 2.75) is 99.6 Å². The summed E-state index contributed by atoms with van der Waals surface area (Å²) in [4.78, 5) is 73.8. The summed E-state index contributed by atoms with van der Waals surface area (Å²) in [5, 5.41) is 3.04. The number of piperazine rings is 1. The fraction of sp³-hybridized carbons (Fsp3) is 0.605. The van der Waals surface area contributed by atoms with Crippen molar-refractivity contribution in [3.8, 4) is 0 Å². The predicted octanol–water partition coefficient (Wildman–Crippen LogP) is 5.60. The van der Waals surface area contributed by atoms with Crippen molar-refractivity contribution in [1.29, 1.82) is 0 Å². The summed E-state index contributed by atoms with van der Waals surface area (Å²) >= 11 is 0. The zero-order valence-electron chi connectivity index (χ0n) is 32.9. The highest BCUT2D eigenvalue weighted by Gasteiger charge is 2.39. The van der Waals surface area contributed by atoms with Crippen molar-refractivity contribution >= 4 is 29.2 Å². The first-order chi connectivity index (χ1) is 24.7. The third kappa shape index (κ3) is 10.9. The lowest BCUT2D eigenvalue weighted by Gasteiger charge is -2.37. The molecule has 284 valence electrons. The quantitative estimate of drug-likeness (QED) is 0.176. The number of hydrogen-bond donors (Lipinski definition) is 1. The van der Waals surface area contributed by atoms with Crippen molar-refractivity contribution in [2.24, 2.45) is 23.7 Å². The van der Waals surface area contributed by atoms with E-state index in [0.29, 0.717) is 92.8 Å². The Kier molecular flexibility index (Phi) is 14.9. The topological polar surface area (TPSA) is 107 Å². The number of amides is 2. The Balaban J connectivity index is 1.43. The summed E-state index contributed by atoms with van der Waals surface area (Å²) in [5.41, 5.74) is 3.24. The van der Waals surface area contributed by atoms with Gasteiger partial charge in [0.2, 0.25) is 11.8 Å². The Bertz CT molecular complexity index is 1550. The first-order valence-electron chi connectivity index (χ1n) is 19.4. The SMILES string of the molecule is CC1=C(C)C(=O)C(CN2CCN(C[C@H](CC(=O)[C@@H]3CCCN3C(=O)[C@H](/C=C/[C@@H](C)CC(C)C)Cc3ccccc3)C(=O)NC(C)C)CC2)=C(C)C1=O. The van der Waals surface area contributed by atoms with Crippen LogP contribution in [0, 0.1) is 23.7 Å². The van der Waals surface area contributed by atoms with E-state index < -0.39 is 12.0 Å². The minimum atomic E-state index is -0.547. The zero-order valence-corrected chi connectivity index (χ0v) is 32.9. The maximum Gasteiger partial charge on any atom is 0.230 e. The van der Waals surface area contributed by atoms with E-state index >= 15 is 0 Å². The molecule has 52 heavy (non-hydrogen) atoms. The van der Waals surface area contributed by atoms with Crippen LogP contribution >= 0.6 is 0 Å². The lowest BCUT2D eigenvalue weighted by Crippen LogP contribution is -2.51. The van der Waals surface area contributed by atoms with Crippen molar-refractivity contribution in [3.63, 3.8) is 0 Å². The Labute approximate surface area is 311 Å². The number of rotatable bonds is 16. The fourth-order valence-corrected chi connectivity index (χ4v) is 7.86. The highest BCUT2D eigenvalue weighted by Crippen LogP contribution is 2.28. The second kappa shape index (κ2) is 18.9. The van der Waals surface area contributed by atoms with Crippen LogP contribution in [0.4, 0.5) is 0 Å². The van der Waals surface area contributed by atoms with Gasteiger partial charge in [-0.25, -0.2) is 0 Å². The zero-order chi connectivity index (χ0) is 38.1. The van der Waals surface area contributed by atoms with Crippen LogP contribution in [0.25, 0.3) is 0 Å². The van der Waals surface area contributed by atoms with Gasteiger partial charge in [0, 0.05) is 80.6 Å². The monoisotopic (exact) mass is 714 g/mol. The number of allylic oxidation sites excluding steroid dienone is 4. The normalized spacial score (nSPS) is 21.1. The van der Waals surface area contributed by atoms with E-state index in [-0.39, 0.29) is 47.5 Å². The molecule has 2 amide bonds. The van der Waals surface area contributed by atoms with Crippen LogP contribution in [-0.4, -0.2) is 102 Å². The molecule has 1 aliphatic carbocycles. The van der Waals surface area contributed by atoms with Gasteiger partial charge in [0.1, 0.15) is 0 Å². The molecular weight excluding hydrogens is 652 g/mol. The van der Waals surface area contributed by atoms with Crippen molar-refractivity contribution < 1.29 is 24.0 Å². The van der Waals surface area contributed by atoms with Crippen LogP contribution < -0.4 is 5.32 Å². The molecule has 1 aromatic rings. The van der Waals surface area contributed by atoms with Gasteiger partial charge in [-0.2, -0.15) is 0 Å². The average Bonchev–Trinajstić information content (AvgIpc) is 3.60. The molecule has 2 fully saturated rings. The molecule has 2 aliphatic heterocycles. The summed E-state index contributed by atoms with van der Waals surface area (Å²) in [7, 11) is 0. The number of carbonyl (C=O) groups excluding carboxylic acids is 5. The number of carbonyl (C=O) groups is 5. The Morgan fingerprint density at radius 3 is 2.10 bits per heavy atom. The Morgan fingerprint density at radius 2 is 1.46 bits per heavy atom. The van der Waals surface area contributed by atoms with E-state index in [1.165, 1.54) is 0 Å². The van der Waals surface area contributed by atoms with E-state index in [2.05, 4.69) is 48.0 Å². The molecule has 1 aromatic carbocycles. The molecule has 0 aromatic heterocycles. The molecule has 0 bridgehead atoms. The van der Waals surface area contributed by atoms with Gasteiger partial charge in [-0.3, -0.25) is 33.8 Å². The molecule has 2 heterocycles. The molecule has 2 saturated heterocycles. The van der Waals surface area contributed by atoms with E-state index in [1.807, 2.05) is 44.2 Å². The number of Topliss-reactive ketones (excluding diaryl/α,β-unsaturated/α-hetero) is 3. The van der Waals surface area contributed by atoms with E-state index in [0.717, 1.165) is 18.4 Å². The summed E-state index contributed by atoms with van der Waals surface area (Å²) in [6.07, 6.45) is 7.27. The number of benzene rings is 1. The molecule has 1 N–H and O–H groups in total. The molecule has 9 nitrogen and oxygen atoms in total. The number of nitrogens with zero attached hydrogens (tertiary/aromatic N) is 3. The third-order valence-electron chi connectivity index (χ3n) is 10.9. The molecule has 0 unspecified atom stereocenters. The van der Waals surface area contributed by atoms with Crippen LogP contribution in [-0.2, 0) is 30.4 Å². The summed E-state index contributed by atoms with van der Waals surface area (Å²) < 4.78 is 0. The van der Waals surface area contributed by atoms with Crippen LogP contribution in [0.2, 0.25) is 0 Å². The van der Waals surface area contributed by atoms with Crippen LogP contribution in [0.1, 0.15) is 86.6 Å². The van der Waals surface area contributed by atoms with Gasteiger partial charge < -0.3 is 10.2 Å². The van der Waals surface area contributed by atoms with Gasteiger partial charge in [0.15, 0.2) is 17.3 Å². The van der Waals surface area contributed by atoms with Gasteiger partial charge in [0.05, 0.1) is 17.9 Å². The second-order valence-corrected chi connectivity index (χ2v) is 16.1. The minimum Gasteiger partial charge on any atom is -0.354 e. The second-order valence-electron chi connectivity index (χ2n) is 16.1. The predicted molar refractivity (Wildman–Crippen MR) is 206 cm³/mol. The third-order valence-corrected chi connectivity index (χ3v) is 10.9. The molecule has 0 radical (unpaired) electrons. The molecule has 4 atom stereocenters. The van der Waals surface area contributed by atoms with Gasteiger partial charge in [-0.05, 0) is 77.7 Å². The number of ketones is 3. The fourth-order valence-electron chi connectivity index (χ4n) is 7.86. The standard InChI is InChI=1S/C43H62N4O5/c1-28(2)23-30(5)16-17-35(24-34-13-10-9-11-14-34)43(52)47-18-12-15-38(47)39(48)25-36(42(51)44-29(3)4)26-45-19-21-46(22-20-45)27-37-33(8)40(49)31(6)32(7)41(37)50/h9-11,13-14,16-17,28-30,35-36,38H,12,15,18-27H2,1-8H3,(H,44,51)/b17-16+/t30-,35-,36+,38+/m1/s1. The molecule has 3 aliphatic rings. The van der Waals surface area contributed by atoms with Gasteiger partial charge in [-0.15, -0.1) is 0 Å². The maximum absolute atomic E-state index is 14.2. The first kappa shape index (κ1) is 41.1. The van der Waals surface area contributed by atoms with Crippen LogP contribution in [0.5, 0.6) is 0 Å². The first-order valence-corrected chi connectivity index (χ1v) is 19.4. The average molecular weight is 715 g/mol. The summed E-state index contributed by atoms with van der Waals surface area (Å²) in [6, 6.07) is 9.44. The molecule has 9 heteroatoms. The van der Waals surface area contributed by atoms with Gasteiger partial charge >= 0.3 is 0 Å². The molecule has 4 rings (SSSR count). The highest BCUT2D eigenvalue weighted by atomic mass is 16.2. The Morgan fingerprint density at radius 1 is 0.827 bits per heavy atom. The highest BCUT2D eigenvalue weighted by molar-refractivity contribution is 6.24. The van der Waals surface area contributed by atoms with Crippen molar-refractivity contribution in [3.05, 3.63) is 70.3 Å². The molecule has 0 saturated carbocycles. The van der Waals surface area contributed by atoms with E-state index in [4.69, 9.17) is 0 Å². The maximum atomic E-state index is 14.2. The molecular formula is C43H62N4O5.